The molecule has 132 valence electrons. The van der Waals surface area contributed by atoms with E-state index in [0.29, 0.717) is 16.1 Å². The lowest BCUT2D eigenvalue weighted by Crippen LogP contribution is -2.41. The Morgan fingerprint density at radius 1 is 1.00 bits per heavy atom. The highest BCUT2D eigenvalue weighted by Crippen LogP contribution is 2.19. The van der Waals surface area contributed by atoms with Crippen molar-refractivity contribution in [3.63, 3.8) is 0 Å². The van der Waals surface area contributed by atoms with Gasteiger partial charge in [0.1, 0.15) is 5.82 Å². The third-order valence-electron chi connectivity index (χ3n) is 3.95. The summed E-state index contributed by atoms with van der Waals surface area (Å²) in [6.07, 6.45) is 1.69. The van der Waals surface area contributed by atoms with Crippen LogP contribution < -0.4 is 10.9 Å². The summed E-state index contributed by atoms with van der Waals surface area (Å²) in [4.78, 5) is 28.9. The van der Waals surface area contributed by atoms with Crippen LogP contribution in [0.4, 0.5) is 0 Å². The van der Waals surface area contributed by atoms with Gasteiger partial charge in [0.05, 0.1) is 5.56 Å². The van der Waals surface area contributed by atoms with Crippen LogP contribution in [0.3, 0.4) is 0 Å². The zero-order chi connectivity index (χ0) is 18.7. The highest BCUT2D eigenvalue weighted by atomic mass is 35.5. The van der Waals surface area contributed by atoms with Gasteiger partial charge < -0.3 is 4.57 Å². The van der Waals surface area contributed by atoms with Crippen LogP contribution in [0.1, 0.15) is 32.1 Å². The number of hydrogen-bond acceptors (Lipinski definition) is 3. The lowest BCUT2D eigenvalue weighted by molar-refractivity contribution is 0.0846. The van der Waals surface area contributed by atoms with Crippen LogP contribution in [0.25, 0.3) is 5.82 Å². The summed E-state index contributed by atoms with van der Waals surface area (Å²) < 4.78 is 1.88. The third-order valence-corrected chi connectivity index (χ3v) is 4.20. The molecule has 0 aliphatic heterocycles. The second-order valence-electron chi connectivity index (χ2n) is 5.72. The molecule has 1 aromatic carbocycles. The fourth-order valence-corrected chi connectivity index (χ4v) is 2.81. The van der Waals surface area contributed by atoms with Gasteiger partial charge in [-0.2, -0.15) is 0 Å². The summed E-state index contributed by atoms with van der Waals surface area (Å²) in [6, 6.07) is 13.7. The number of hydrogen-bond donors (Lipinski definition) is 2. The monoisotopic (exact) mass is 368 g/mol. The number of carbonyl (C=O) groups excluding carboxylic acids is 2. The van der Waals surface area contributed by atoms with Crippen molar-refractivity contribution in [2.24, 2.45) is 0 Å². The van der Waals surface area contributed by atoms with Crippen LogP contribution in [-0.4, -0.2) is 21.4 Å². The van der Waals surface area contributed by atoms with Crippen LogP contribution in [0, 0.1) is 13.8 Å². The zero-order valence-corrected chi connectivity index (χ0v) is 15.0. The van der Waals surface area contributed by atoms with Gasteiger partial charge in [0, 0.05) is 28.2 Å². The molecule has 3 aromatic rings. The Morgan fingerprint density at radius 3 is 2.35 bits per heavy atom. The van der Waals surface area contributed by atoms with E-state index in [9.17, 15) is 9.59 Å². The molecule has 26 heavy (non-hydrogen) atoms. The third kappa shape index (κ3) is 3.60. The van der Waals surface area contributed by atoms with Crippen molar-refractivity contribution in [3.8, 4) is 5.82 Å². The van der Waals surface area contributed by atoms with Crippen LogP contribution >= 0.6 is 11.6 Å². The molecule has 0 unspecified atom stereocenters. The maximum Gasteiger partial charge on any atom is 0.271 e. The molecule has 3 rings (SSSR count). The molecule has 0 radical (unpaired) electrons. The number of halogens is 1. The maximum atomic E-state index is 12.5. The summed E-state index contributed by atoms with van der Waals surface area (Å²) in [5.74, 6) is -0.0945. The Balaban J connectivity index is 1.74. The van der Waals surface area contributed by atoms with Gasteiger partial charge in [0.15, 0.2) is 0 Å². The minimum absolute atomic E-state index is 0.397. The molecule has 0 aliphatic rings. The van der Waals surface area contributed by atoms with Crippen molar-refractivity contribution in [2.45, 2.75) is 13.8 Å². The first-order chi connectivity index (χ1) is 12.5. The highest BCUT2D eigenvalue weighted by Gasteiger charge is 2.17. The second kappa shape index (κ2) is 7.41. The topological polar surface area (TPSA) is 76.0 Å². The average molecular weight is 369 g/mol. The minimum Gasteiger partial charge on any atom is -0.302 e. The van der Waals surface area contributed by atoms with E-state index in [1.807, 2.05) is 36.6 Å². The Kier molecular flexibility index (Phi) is 5.04. The number of rotatable bonds is 3. The number of hydrazine groups is 1. The standard InChI is InChI=1S/C19H17ClN4O2/c1-12-11-16(13(2)24(12)17-5-3-4-10-21-17)19(26)23-22-18(25)14-6-8-15(20)9-7-14/h3-11H,1-2H3,(H,22,25)(H,23,26). The first kappa shape index (κ1) is 17.7. The van der Waals surface area contributed by atoms with E-state index in [4.69, 9.17) is 11.6 Å². The van der Waals surface area contributed by atoms with Crippen LogP contribution in [-0.2, 0) is 0 Å². The van der Waals surface area contributed by atoms with E-state index in [-0.39, 0.29) is 0 Å². The SMILES string of the molecule is Cc1cc(C(=O)NNC(=O)c2ccc(Cl)cc2)c(C)n1-c1ccccn1. The second-order valence-corrected chi connectivity index (χ2v) is 6.16. The Morgan fingerprint density at radius 2 is 1.69 bits per heavy atom. The van der Waals surface area contributed by atoms with Crippen LogP contribution in [0.2, 0.25) is 5.02 Å². The minimum atomic E-state index is -0.423. The van der Waals surface area contributed by atoms with Gasteiger partial charge in [-0.15, -0.1) is 0 Å². The predicted octanol–water partition coefficient (Wildman–Crippen LogP) is 3.22. The van der Waals surface area contributed by atoms with E-state index < -0.39 is 11.8 Å². The number of pyridine rings is 1. The predicted molar refractivity (Wildman–Crippen MR) is 99.4 cm³/mol. The highest BCUT2D eigenvalue weighted by molar-refractivity contribution is 6.30. The molecule has 0 fully saturated rings. The molecule has 0 saturated heterocycles. The van der Waals surface area contributed by atoms with Crippen molar-refractivity contribution in [1.29, 1.82) is 0 Å². The number of aromatic nitrogens is 2. The van der Waals surface area contributed by atoms with Gasteiger partial charge in [0.2, 0.25) is 0 Å². The molecule has 2 amide bonds. The fourth-order valence-electron chi connectivity index (χ4n) is 2.69. The smallest absolute Gasteiger partial charge is 0.271 e. The molecule has 0 spiro atoms. The number of amides is 2. The number of nitrogens with zero attached hydrogens (tertiary/aromatic N) is 2. The molecular formula is C19H17ClN4O2. The summed E-state index contributed by atoms with van der Waals surface area (Å²) in [7, 11) is 0. The van der Waals surface area contributed by atoms with Gasteiger partial charge in [0.25, 0.3) is 11.8 Å². The van der Waals surface area contributed by atoms with Crippen LogP contribution in [0.5, 0.6) is 0 Å². The summed E-state index contributed by atoms with van der Waals surface area (Å²) in [5.41, 5.74) is 7.31. The molecule has 2 aromatic heterocycles. The van der Waals surface area contributed by atoms with E-state index >= 15 is 0 Å². The first-order valence-electron chi connectivity index (χ1n) is 7.94. The maximum absolute atomic E-state index is 12.5. The average Bonchev–Trinajstić information content (AvgIpc) is 2.95. The molecule has 2 N–H and O–H groups in total. The van der Waals surface area contributed by atoms with Crippen molar-refractivity contribution in [1.82, 2.24) is 20.4 Å². The summed E-state index contributed by atoms with van der Waals surface area (Å²) in [6.45, 7) is 3.72. The van der Waals surface area contributed by atoms with E-state index in [0.717, 1.165) is 17.2 Å². The lowest BCUT2D eigenvalue weighted by atomic mass is 10.2. The van der Waals surface area contributed by atoms with E-state index in [2.05, 4.69) is 15.8 Å². The van der Waals surface area contributed by atoms with Gasteiger partial charge in [-0.3, -0.25) is 20.4 Å². The Labute approximate surface area is 155 Å². The van der Waals surface area contributed by atoms with Crippen LogP contribution in [0.15, 0.2) is 54.7 Å². The van der Waals surface area contributed by atoms with Crippen molar-refractivity contribution < 1.29 is 9.59 Å². The molecule has 0 saturated carbocycles. The zero-order valence-electron chi connectivity index (χ0n) is 14.3. The van der Waals surface area contributed by atoms with Crippen molar-refractivity contribution in [2.75, 3.05) is 0 Å². The molecular weight excluding hydrogens is 352 g/mol. The quantitative estimate of drug-likeness (QED) is 0.697. The van der Waals surface area contributed by atoms with Crippen molar-refractivity contribution in [3.05, 3.63) is 82.3 Å². The summed E-state index contributed by atoms with van der Waals surface area (Å²) >= 11 is 5.80. The molecule has 2 heterocycles. The van der Waals surface area contributed by atoms with Gasteiger partial charge >= 0.3 is 0 Å². The van der Waals surface area contributed by atoms with Gasteiger partial charge in [-0.1, -0.05) is 17.7 Å². The fraction of sp³-hybridized carbons (Fsp3) is 0.105. The first-order valence-corrected chi connectivity index (χ1v) is 8.32. The van der Waals surface area contributed by atoms with Gasteiger partial charge in [-0.05, 0) is 56.3 Å². The normalized spacial score (nSPS) is 10.4. The Bertz CT molecular complexity index is 950. The lowest BCUT2D eigenvalue weighted by Gasteiger charge is -2.09. The van der Waals surface area contributed by atoms with E-state index in [1.54, 1.807) is 36.5 Å². The Hall–Kier alpha value is -3.12. The molecule has 6 nitrogen and oxygen atoms in total. The number of aryl methyl sites for hydroxylation is 1. The molecule has 0 atom stereocenters. The number of carbonyl (C=O) groups is 2. The largest absolute Gasteiger partial charge is 0.302 e. The molecule has 0 bridgehead atoms. The number of nitrogens with one attached hydrogen (secondary N) is 2. The van der Waals surface area contributed by atoms with E-state index in [1.165, 1.54) is 0 Å². The molecule has 0 aliphatic carbocycles. The van der Waals surface area contributed by atoms with Crippen molar-refractivity contribution >= 4 is 23.4 Å². The summed E-state index contributed by atoms with van der Waals surface area (Å²) in [5, 5.41) is 0.535. The van der Waals surface area contributed by atoms with Gasteiger partial charge in [-0.25, -0.2) is 4.98 Å². The molecule has 7 heteroatoms. The number of benzene rings is 1.